The van der Waals surface area contributed by atoms with Gasteiger partial charge in [-0.05, 0) is 49.8 Å². The van der Waals surface area contributed by atoms with Crippen LogP contribution in [0.4, 0.5) is 0 Å². The zero-order chi connectivity index (χ0) is 13.5. The summed E-state index contributed by atoms with van der Waals surface area (Å²) < 4.78 is 23.2. The lowest BCUT2D eigenvalue weighted by atomic mass is 9.91. The number of halogens is 1. The van der Waals surface area contributed by atoms with Crippen LogP contribution in [0.3, 0.4) is 0 Å². The molecule has 1 aromatic carbocycles. The minimum atomic E-state index is -2.81. The van der Waals surface area contributed by atoms with Crippen LogP contribution in [-0.2, 0) is 9.84 Å². The lowest BCUT2D eigenvalue weighted by molar-refractivity contribution is 0.577. The van der Waals surface area contributed by atoms with Gasteiger partial charge >= 0.3 is 0 Å². The summed E-state index contributed by atoms with van der Waals surface area (Å²) in [4.78, 5) is 0.148. The van der Waals surface area contributed by atoms with Crippen molar-refractivity contribution in [1.82, 2.24) is 0 Å². The van der Waals surface area contributed by atoms with Crippen molar-refractivity contribution in [3.05, 3.63) is 34.4 Å². The number of benzene rings is 1. The molecular formula is C14H19BrO2S. The molecule has 0 amide bonds. The van der Waals surface area contributed by atoms with Crippen LogP contribution in [0.15, 0.2) is 12.1 Å². The maximum Gasteiger partial charge on any atom is 0.150 e. The highest BCUT2D eigenvalue weighted by Crippen LogP contribution is 2.40. The van der Waals surface area contributed by atoms with Gasteiger partial charge in [-0.1, -0.05) is 33.6 Å². The Hall–Kier alpha value is -0.350. The molecule has 2 nitrogen and oxygen atoms in total. The van der Waals surface area contributed by atoms with Crippen LogP contribution < -0.4 is 0 Å². The highest BCUT2D eigenvalue weighted by atomic mass is 79.9. The fraction of sp³-hybridized carbons (Fsp3) is 0.571. The predicted octanol–water partition coefficient (Wildman–Crippen LogP) is 3.48. The molecule has 0 spiro atoms. The number of hydrogen-bond acceptors (Lipinski definition) is 2. The standard InChI is InChI=1S/C14H19BrO2S/c1-9-6-10(2)13(11(3)7-9)14(15)12-4-5-18(16,17)8-12/h6-7,12,14H,4-5,8H2,1-3H3. The van der Waals surface area contributed by atoms with Crippen LogP contribution in [0, 0.1) is 26.7 Å². The fourth-order valence-electron chi connectivity index (χ4n) is 2.92. The van der Waals surface area contributed by atoms with E-state index >= 15 is 0 Å². The van der Waals surface area contributed by atoms with Crippen LogP contribution in [-0.4, -0.2) is 19.9 Å². The smallest absolute Gasteiger partial charge is 0.150 e. The summed E-state index contributed by atoms with van der Waals surface area (Å²) in [5.41, 5.74) is 5.02. The Morgan fingerprint density at radius 3 is 2.22 bits per heavy atom. The van der Waals surface area contributed by atoms with E-state index in [9.17, 15) is 8.42 Å². The topological polar surface area (TPSA) is 34.1 Å². The Kier molecular flexibility index (Phi) is 3.88. The van der Waals surface area contributed by atoms with E-state index in [4.69, 9.17) is 0 Å². The van der Waals surface area contributed by atoms with Gasteiger partial charge in [0.05, 0.1) is 11.5 Å². The minimum Gasteiger partial charge on any atom is -0.229 e. The molecule has 2 unspecified atom stereocenters. The second-order valence-corrected chi connectivity index (χ2v) is 8.59. The fourth-order valence-corrected chi connectivity index (χ4v) is 6.18. The molecule has 0 bridgehead atoms. The lowest BCUT2D eigenvalue weighted by Crippen LogP contribution is -2.12. The van der Waals surface area contributed by atoms with Gasteiger partial charge in [0.2, 0.25) is 0 Å². The SMILES string of the molecule is Cc1cc(C)c(C(Br)C2CCS(=O)(=O)C2)c(C)c1. The first kappa shape index (κ1) is 14.1. The van der Waals surface area contributed by atoms with Crippen LogP contribution in [0.1, 0.15) is 33.5 Å². The molecule has 0 N–H and O–H groups in total. The zero-order valence-electron chi connectivity index (χ0n) is 11.0. The lowest BCUT2D eigenvalue weighted by Gasteiger charge is -2.21. The van der Waals surface area contributed by atoms with Gasteiger partial charge in [0.1, 0.15) is 0 Å². The van der Waals surface area contributed by atoms with E-state index in [0.717, 1.165) is 6.42 Å². The van der Waals surface area contributed by atoms with Crippen molar-refractivity contribution in [2.24, 2.45) is 5.92 Å². The number of sulfone groups is 1. The van der Waals surface area contributed by atoms with Gasteiger partial charge in [0.15, 0.2) is 9.84 Å². The quantitative estimate of drug-likeness (QED) is 0.778. The van der Waals surface area contributed by atoms with Crippen LogP contribution >= 0.6 is 15.9 Å². The third kappa shape index (κ3) is 2.80. The Bertz CT molecular complexity index is 540. The van der Waals surface area contributed by atoms with E-state index in [1.165, 1.54) is 22.3 Å². The van der Waals surface area contributed by atoms with Crippen molar-refractivity contribution in [2.75, 3.05) is 11.5 Å². The molecule has 1 aliphatic rings. The molecule has 2 rings (SSSR count). The van der Waals surface area contributed by atoms with Crippen LogP contribution in [0.25, 0.3) is 0 Å². The predicted molar refractivity (Wildman–Crippen MR) is 79.1 cm³/mol. The molecule has 1 aliphatic heterocycles. The molecule has 2 atom stereocenters. The maximum atomic E-state index is 11.6. The van der Waals surface area contributed by atoms with Gasteiger partial charge in [-0.15, -0.1) is 0 Å². The number of rotatable bonds is 2. The molecule has 0 aromatic heterocycles. The van der Waals surface area contributed by atoms with Crippen molar-refractivity contribution < 1.29 is 8.42 Å². The summed E-state index contributed by atoms with van der Waals surface area (Å²) in [6, 6.07) is 4.33. The molecule has 1 heterocycles. The Labute approximate surface area is 118 Å². The third-order valence-electron chi connectivity index (χ3n) is 3.70. The van der Waals surface area contributed by atoms with E-state index in [1.54, 1.807) is 0 Å². The van der Waals surface area contributed by atoms with E-state index < -0.39 is 9.84 Å². The number of hydrogen-bond donors (Lipinski definition) is 0. The van der Waals surface area contributed by atoms with E-state index in [-0.39, 0.29) is 10.7 Å². The van der Waals surface area contributed by atoms with Crippen molar-refractivity contribution in [1.29, 1.82) is 0 Å². The largest absolute Gasteiger partial charge is 0.229 e. The second-order valence-electron chi connectivity index (χ2n) is 5.38. The Morgan fingerprint density at radius 1 is 1.22 bits per heavy atom. The van der Waals surface area contributed by atoms with Gasteiger partial charge in [-0.25, -0.2) is 8.42 Å². The first-order valence-electron chi connectivity index (χ1n) is 6.22. The normalized spacial score (nSPS) is 24.1. The molecule has 18 heavy (non-hydrogen) atoms. The van der Waals surface area contributed by atoms with Crippen LogP contribution in [0.5, 0.6) is 0 Å². The molecule has 1 aromatic rings. The van der Waals surface area contributed by atoms with Crippen LogP contribution in [0.2, 0.25) is 0 Å². The minimum absolute atomic E-state index is 0.148. The summed E-state index contributed by atoms with van der Waals surface area (Å²) >= 11 is 3.73. The summed E-state index contributed by atoms with van der Waals surface area (Å²) in [6.07, 6.45) is 0.769. The Morgan fingerprint density at radius 2 is 1.78 bits per heavy atom. The molecule has 0 aliphatic carbocycles. The molecule has 1 fully saturated rings. The summed E-state index contributed by atoms with van der Waals surface area (Å²) in [7, 11) is -2.81. The molecule has 100 valence electrons. The number of alkyl halides is 1. The monoisotopic (exact) mass is 330 g/mol. The van der Waals surface area contributed by atoms with Gasteiger partial charge < -0.3 is 0 Å². The van der Waals surface area contributed by atoms with E-state index in [2.05, 4.69) is 48.8 Å². The van der Waals surface area contributed by atoms with Crippen molar-refractivity contribution >= 4 is 25.8 Å². The summed E-state index contributed by atoms with van der Waals surface area (Å²) in [5.74, 6) is 0.856. The molecule has 0 radical (unpaired) electrons. The zero-order valence-corrected chi connectivity index (χ0v) is 13.4. The van der Waals surface area contributed by atoms with Gasteiger partial charge in [0, 0.05) is 4.83 Å². The average Bonchev–Trinajstić information content (AvgIpc) is 2.57. The third-order valence-corrected chi connectivity index (χ3v) is 6.69. The summed E-state index contributed by atoms with van der Waals surface area (Å²) in [6.45, 7) is 6.30. The molecule has 1 saturated heterocycles. The van der Waals surface area contributed by atoms with E-state index in [0.29, 0.717) is 11.5 Å². The average molecular weight is 331 g/mol. The van der Waals surface area contributed by atoms with Gasteiger partial charge in [0.25, 0.3) is 0 Å². The maximum absolute atomic E-state index is 11.6. The highest BCUT2D eigenvalue weighted by molar-refractivity contribution is 9.09. The van der Waals surface area contributed by atoms with Gasteiger partial charge in [-0.3, -0.25) is 0 Å². The van der Waals surface area contributed by atoms with E-state index in [1.807, 2.05) is 0 Å². The molecule has 0 saturated carbocycles. The van der Waals surface area contributed by atoms with Crippen molar-refractivity contribution in [3.63, 3.8) is 0 Å². The van der Waals surface area contributed by atoms with Gasteiger partial charge in [-0.2, -0.15) is 0 Å². The second kappa shape index (κ2) is 4.97. The molecular weight excluding hydrogens is 312 g/mol. The summed E-state index contributed by atoms with van der Waals surface area (Å²) in [5, 5.41) is 0. The Balaban J connectivity index is 2.33. The molecule has 4 heteroatoms. The van der Waals surface area contributed by atoms with Crippen molar-refractivity contribution in [3.8, 4) is 0 Å². The first-order chi connectivity index (χ1) is 8.30. The number of aryl methyl sites for hydroxylation is 3. The van der Waals surface area contributed by atoms with Crippen molar-refractivity contribution in [2.45, 2.75) is 32.0 Å². The first-order valence-corrected chi connectivity index (χ1v) is 8.96. The highest BCUT2D eigenvalue weighted by Gasteiger charge is 2.34.